The molecule has 0 aromatic heterocycles. The number of halogens is 3. The molecule has 1 heterocycles. The number of carbonyl (C=O) groups excluding carboxylic acids is 3. The zero-order chi connectivity index (χ0) is 26.1. The number of hydrogen-bond acceptors (Lipinski definition) is 6. The van der Waals surface area contributed by atoms with E-state index in [-0.39, 0.29) is 5.56 Å². The lowest BCUT2D eigenvalue weighted by Gasteiger charge is -2.32. The van der Waals surface area contributed by atoms with Crippen molar-refractivity contribution in [1.82, 2.24) is 4.90 Å². The minimum Gasteiger partial charge on any atom is -0.479 e. The summed E-state index contributed by atoms with van der Waals surface area (Å²) >= 11 is 0. The topological polar surface area (TPSA) is 128 Å². The van der Waals surface area contributed by atoms with E-state index in [2.05, 4.69) is 0 Å². The van der Waals surface area contributed by atoms with E-state index in [1.54, 1.807) is 6.07 Å². The number of amides is 3. The van der Waals surface area contributed by atoms with Crippen LogP contribution in [-0.4, -0.2) is 54.0 Å². The summed E-state index contributed by atoms with van der Waals surface area (Å²) in [7, 11) is 2.16. The molecule has 2 aromatic rings. The molecule has 0 bridgehead atoms. The molecule has 2 aromatic carbocycles. The molecule has 1 N–H and O–H groups in total. The van der Waals surface area contributed by atoms with Crippen LogP contribution < -0.4 is 4.90 Å². The number of nitriles is 1. The van der Waals surface area contributed by atoms with E-state index in [0.29, 0.717) is 11.0 Å². The maximum Gasteiger partial charge on any atom is 0.417 e. The molecule has 2 unspecified atom stereocenters. The summed E-state index contributed by atoms with van der Waals surface area (Å²) in [6.07, 6.45) is -7.41. The number of anilines is 1. The highest BCUT2D eigenvalue weighted by molar-refractivity contribution is 6.31. The SMILES string of the molecule is COC(CC(=O)C1(c2ccccc2)C(=O)N(c2ccc(C#N)c(C(F)(F)F)c2)C(=O)N1C)C(=O)O. The number of hydrogen-bond donors (Lipinski definition) is 1. The number of nitrogens with zero attached hydrogens (tertiary/aromatic N) is 3. The molecule has 1 saturated heterocycles. The average molecular weight is 489 g/mol. The summed E-state index contributed by atoms with van der Waals surface area (Å²) in [6, 6.07) is 9.83. The summed E-state index contributed by atoms with van der Waals surface area (Å²) in [5.41, 5.74) is -4.95. The Kier molecular flexibility index (Phi) is 6.66. The van der Waals surface area contributed by atoms with E-state index < -0.39 is 64.7 Å². The average Bonchev–Trinajstić information content (AvgIpc) is 3.02. The lowest BCUT2D eigenvalue weighted by Crippen LogP contribution is -2.53. The van der Waals surface area contributed by atoms with E-state index in [1.807, 2.05) is 0 Å². The Morgan fingerprint density at radius 2 is 1.80 bits per heavy atom. The molecular weight excluding hydrogens is 471 g/mol. The minimum atomic E-state index is -4.96. The summed E-state index contributed by atoms with van der Waals surface area (Å²) in [4.78, 5) is 53.1. The van der Waals surface area contributed by atoms with Gasteiger partial charge in [0.1, 0.15) is 0 Å². The number of alkyl halides is 3. The van der Waals surface area contributed by atoms with Crippen molar-refractivity contribution in [2.24, 2.45) is 0 Å². The first-order chi connectivity index (χ1) is 16.4. The Hall–Kier alpha value is -4.24. The monoisotopic (exact) mass is 489 g/mol. The second-order valence-corrected chi connectivity index (χ2v) is 7.59. The highest BCUT2D eigenvalue weighted by Gasteiger charge is 2.62. The Morgan fingerprint density at radius 3 is 2.31 bits per heavy atom. The molecule has 2 atom stereocenters. The molecule has 0 saturated carbocycles. The van der Waals surface area contributed by atoms with Gasteiger partial charge in [-0.05, 0) is 23.8 Å². The first-order valence-electron chi connectivity index (χ1n) is 9.99. The normalized spacial score (nSPS) is 19.0. The number of ether oxygens (including phenoxy) is 1. The molecule has 0 spiro atoms. The number of rotatable bonds is 7. The van der Waals surface area contributed by atoms with Crippen molar-refractivity contribution in [3.8, 4) is 6.07 Å². The number of benzene rings is 2. The number of urea groups is 1. The number of ketones is 1. The van der Waals surface area contributed by atoms with Crippen LogP contribution in [0.15, 0.2) is 48.5 Å². The lowest BCUT2D eigenvalue weighted by molar-refractivity contribution is -0.153. The first kappa shape index (κ1) is 25.4. The first-order valence-corrected chi connectivity index (χ1v) is 9.99. The molecule has 3 amide bonds. The van der Waals surface area contributed by atoms with Gasteiger partial charge in [0.05, 0.1) is 22.9 Å². The molecule has 0 radical (unpaired) electrons. The summed E-state index contributed by atoms with van der Waals surface area (Å²) in [5, 5.41) is 18.3. The molecule has 1 fully saturated rings. The van der Waals surface area contributed by atoms with Crippen LogP contribution in [0.5, 0.6) is 0 Å². The van der Waals surface area contributed by atoms with Crippen molar-refractivity contribution >= 4 is 29.4 Å². The zero-order valence-electron chi connectivity index (χ0n) is 18.4. The zero-order valence-corrected chi connectivity index (χ0v) is 18.4. The van der Waals surface area contributed by atoms with E-state index in [1.165, 1.54) is 30.3 Å². The van der Waals surface area contributed by atoms with Crippen LogP contribution in [0.4, 0.5) is 23.7 Å². The molecule has 9 nitrogen and oxygen atoms in total. The summed E-state index contributed by atoms with van der Waals surface area (Å²) in [5.74, 6) is -3.69. The Morgan fingerprint density at radius 1 is 1.17 bits per heavy atom. The van der Waals surface area contributed by atoms with Crippen LogP contribution >= 0.6 is 0 Å². The van der Waals surface area contributed by atoms with Gasteiger partial charge in [-0.25, -0.2) is 14.5 Å². The van der Waals surface area contributed by atoms with Crippen LogP contribution in [0.25, 0.3) is 0 Å². The minimum absolute atomic E-state index is 0.0123. The predicted molar refractivity (Wildman–Crippen MR) is 113 cm³/mol. The van der Waals surface area contributed by atoms with E-state index >= 15 is 0 Å². The van der Waals surface area contributed by atoms with Crippen molar-refractivity contribution in [2.45, 2.75) is 24.2 Å². The van der Waals surface area contributed by atoms with Gasteiger partial charge in [0, 0.05) is 20.6 Å². The second-order valence-electron chi connectivity index (χ2n) is 7.59. The molecule has 0 aliphatic carbocycles. The van der Waals surface area contributed by atoms with Gasteiger partial charge in [-0.3, -0.25) is 9.59 Å². The Labute approximate surface area is 196 Å². The van der Waals surface area contributed by atoms with Gasteiger partial charge in [0.25, 0.3) is 5.91 Å². The van der Waals surface area contributed by atoms with E-state index in [4.69, 9.17) is 10.00 Å². The standard InChI is InChI=1S/C23H18F3N3O6/c1-28-21(34)29(15-9-8-13(12-27)16(10-15)23(24,25)26)20(33)22(28,14-6-4-3-5-7-14)18(30)11-17(35-2)19(31)32/h3-10,17H,11H2,1-2H3,(H,31,32). The van der Waals surface area contributed by atoms with Crippen LogP contribution in [-0.2, 0) is 30.8 Å². The Bertz CT molecular complexity index is 1240. The number of carbonyl (C=O) groups is 4. The molecular formula is C23H18F3N3O6. The van der Waals surface area contributed by atoms with Crippen molar-refractivity contribution in [1.29, 1.82) is 5.26 Å². The van der Waals surface area contributed by atoms with Crippen molar-refractivity contribution in [2.75, 3.05) is 19.1 Å². The number of imide groups is 1. The largest absolute Gasteiger partial charge is 0.479 e. The van der Waals surface area contributed by atoms with Crippen molar-refractivity contribution in [3.63, 3.8) is 0 Å². The number of likely N-dealkylation sites (N-methyl/N-ethyl adjacent to an activating group) is 1. The smallest absolute Gasteiger partial charge is 0.417 e. The molecule has 35 heavy (non-hydrogen) atoms. The summed E-state index contributed by atoms with van der Waals surface area (Å²) in [6.45, 7) is 0. The molecule has 182 valence electrons. The number of carboxylic acids is 1. The van der Waals surface area contributed by atoms with Gasteiger partial charge in [-0.2, -0.15) is 18.4 Å². The maximum atomic E-state index is 13.8. The number of aliphatic carboxylic acids is 1. The highest BCUT2D eigenvalue weighted by Crippen LogP contribution is 2.42. The fourth-order valence-corrected chi connectivity index (χ4v) is 3.97. The third kappa shape index (κ3) is 4.10. The van der Waals surface area contributed by atoms with E-state index in [9.17, 15) is 37.5 Å². The van der Waals surface area contributed by atoms with Crippen molar-refractivity contribution < 1.29 is 42.2 Å². The van der Waals surface area contributed by atoms with Crippen LogP contribution in [0, 0.1) is 11.3 Å². The second kappa shape index (κ2) is 9.19. The van der Waals surface area contributed by atoms with Gasteiger partial charge in [-0.1, -0.05) is 30.3 Å². The summed E-state index contributed by atoms with van der Waals surface area (Å²) < 4.78 is 45.3. The number of carboxylic acid groups (broad SMARTS) is 1. The van der Waals surface area contributed by atoms with Crippen LogP contribution in [0.1, 0.15) is 23.1 Å². The van der Waals surface area contributed by atoms with Gasteiger partial charge in [0.2, 0.25) is 5.54 Å². The fraction of sp³-hybridized carbons (Fsp3) is 0.261. The van der Waals surface area contributed by atoms with Gasteiger partial charge in [-0.15, -0.1) is 0 Å². The van der Waals surface area contributed by atoms with Gasteiger partial charge >= 0.3 is 18.2 Å². The fourth-order valence-electron chi connectivity index (χ4n) is 3.97. The number of methoxy groups -OCH3 is 1. The molecule has 3 rings (SSSR count). The number of Topliss-reactive ketones (excluding diaryl/α,β-unsaturated/α-hetero) is 1. The van der Waals surface area contributed by atoms with Gasteiger partial charge < -0.3 is 14.7 Å². The molecule has 1 aliphatic heterocycles. The third-order valence-corrected chi connectivity index (χ3v) is 5.71. The van der Waals surface area contributed by atoms with Crippen LogP contribution in [0.2, 0.25) is 0 Å². The van der Waals surface area contributed by atoms with E-state index in [0.717, 1.165) is 31.2 Å². The lowest BCUT2D eigenvalue weighted by atomic mass is 9.82. The highest BCUT2D eigenvalue weighted by atomic mass is 19.4. The predicted octanol–water partition coefficient (Wildman–Crippen LogP) is 2.93. The van der Waals surface area contributed by atoms with Crippen LogP contribution in [0.3, 0.4) is 0 Å². The quantitative estimate of drug-likeness (QED) is 0.468. The molecule has 1 aliphatic rings. The molecule has 12 heteroatoms. The van der Waals surface area contributed by atoms with Gasteiger partial charge in [0.15, 0.2) is 11.9 Å². The van der Waals surface area contributed by atoms with Crippen molar-refractivity contribution in [3.05, 3.63) is 65.2 Å². The maximum absolute atomic E-state index is 13.8. The third-order valence-electron chi connectivity index (χ3n) is 5.71. The Balaban J connectivity index is 2.21.